The second-order valence-corrected chi connectivity index (χ2v) is 12.2. The summed E-state index contributed by atoms with van der Waals surface area (Å²) in [7, 11) is 0. The van der Waals surface area contributed by atoms with Crippen molar-refractivity contribution in [1.29, 1.82) is 0 Å². The lowest BCUT2D eigenvalue weighted by Crippen LogP contribution is -2.11. The van der Waals surface area contributed by atoms with Gasteiger partial charge in [-0.2, -0.15) is 0 Å². The second-order valence-electron chi connectivity index (χ2n) is 12.2. The van der Waals surface area contributed by atoms with Gasteiger partial charge in [-0.1, -0.05) is 97.1 Å². The van der Waals surface area contributed by atoms with Crippen molar-refractivity contribution < 1.29 is 0 Å². The summed E-state index contributed by atoms with van der Waals surface area (Å²) in [6, 6.07) is 33.7. The molecule has 8 rings (SSSR count). The standard InChI is InChI=1S/C42H32N4/c1-25-21-29(22-26(2)39(25)43-45-41-35-17-9-5-13-31(35)32-14-6-10-18-36(32)41)30-23-27(3)40(28(4)24-30)44-46-42-37-19-11-7-15-33(37)34-16-8-12-20-38(34)42/h5-24H,1-4H3. The van der Waals surface area contributed by atoms with Crippen LogP contribution in [0.15, 0.2) is 175 Å². The SMILES string of the molecule is CC1=CC(=C2C=C(C)C(=NN=C3c4ccccc4-c4ccccc43)C(C)=C2)C=C(C)C1=NN=C1c2ccccc2-c2ccccc21. The lowest BCUT2D eigenvalue weighted by molar-refractivity contribution is 1.20. The Balaban J connectivity index is 1.12. The molecule has 0 heterocycles. The minimum absolute atomic E-state index is 0.908. The summed E-state index contributed by atoms with van der Waals surface area (Å²) in [5.74, 6) is 0. The Labute approximate surface area is 269 Å². The number of allylic oxidation sites excluding steroid dienone is 10. The Morgan fingerprint density at radius 2 is 0.500 bits per heavy atom. The summed E-state index contributed by atoms with van der Waals surface area (Å²) in [5, 5.41) is 19.3. The highest BCUT2D eigenvalue weighted by molar-refractivity contribution is 6.26. The number of rotatable bonds is 2. The second kappa shape index (κ2) is 11.0. The molecule has 0 aromatic heterocycles. The third-order valence-electron chi connectivity index (χ3n) is 9.12. The van der Waals surface area contributed by atoms with Gasteiger partial charge in [-0.05, 0) is 108 Å². The van der Waals surface area contributed by atoms with Gasteiger partial charge < -0.3 is 0 Å². The van der Waals surface area contributed by atoms with Crippen molar-refractivity contribution in [3.05, 3.63) is 177 Å². The van der Waals surface area contributed by atoms with Gasteiger partial charge in [0.1, 0.15) is 11.4 Å². The fraction of sp³-hybridized carbons (Fsp3) is 0.0952. The number of fused-ring (bicyclic) bond motifs is 6. The maximum absolute atomic E-state index is 4.84. The van der Waals surface area contributed by atoms with E-state index in [2.05, 4.69) is 149 Å². The van der Waals surface area contributed by atoms with Crippen LogP contribution in [0.2, 0.25) is 0 Å². The number of hydrogen-bond acceptors (Lipinski definition) is 4. The van der Waals surface area contributed by atoms with Crippen LogP contribution in [-0.2, 0) is 0 Å². The molecule has 0 spiro atoms. The predicted octanol–water partition coefficient (Wildman–Crippen LogP) is 9.84. The molecule has 0 bridgehead atoms. The van der Waals surface area contributed by atoms with Crippen molar-refractivity contribution >= 4 is 22.8 Å². The van der Waals surface area contributed by atoms with E-state index in [9.17, 15) is 0 Å². The number of hydrogen-bond donors (Lipinski definition) is 0. The van der Waals surface area contributed by atoms with Crippen molar-refractivity contribution in [2.24, 2.45) is 20.4 Å². The monoisotopic (exact) mass is 592 g/mol. The molecule has 0 fully saturated rings. The van der Waals surface area contributed by atoms with Crippen LogP contribution in [0.1, 0.15) is 49.9 Å². The fourth-order valence-electron chi connectivity index (χ4n) is 6.96. The fourth-order valence-corrected chi connectivity index (χ4v) is 6.96. The largest absolute Gasteiger partial charge is 0.150 e. The Bertz CT molecular complexity index is 1970. The summed E-state index contributed by atoms with van der Waals surface area (Å²) in [6.45, 7) is 8.46. The Morgan fingerprint density at radius 3 is 0.761 bits per heavy atom. The number of nitrogens with zero attached hydrogens (tertiary/aromatic N) is 4. The van der Waals surface area contributed by atoms with Crippen LogP contribution >= 0.6 is 0 Å². The Morgan fingerprint density at radius 1 is 0.283 bits per heavy atom. The molecule has 0 saturated heterocycles. The van der Waals surface area contributed by atoms with Crippen molar-refractivity contribution in [2.75, 3.05) is 0 Å². The zero-order valence-corrected chi connectivity index (χ0v) is 26.3. The van der Waals surface area contributed by atoms with Crippen LogP contribution in [0.5, 0.6) is 0 Å². The average molecular weight is 593 g/mol. The maximum Gasteiger partial charge on any atom is 0.101 e. The third kappa shape index (κ3) is 4.53. The summed E-state index contributed by atoms with van der Waals surface area (Å²) in [5.41, 5.74) is 19.7. The van der Waals surface area contributed by atoms with Crippen LogP contribution in [0.4, 0.5) is 0 Å². The molecule has 0 atom stereocenters. The molecule has 0 saturated carbocycles. The molecule has 0 radical (unpaired) electrons. The molecular weight excluding hydrogens is 560 g/mol. The summed E-state index contributed by atoms with van der Waals surface area (Å²) in [6.07, 6.45) is 8.83. The molecule has 4 aliphatic rings. The quantitative estimate of drug-likeness (QED) is 0.180. The highest BCUT2D eigenvalue weighted by Crippen LogP contribution is 2.38. The summed E-state index contributed by atoms with van der Waals surface area (Å²) >= 11 is 0. The molecule has 0 N–H and O–H groups in total. The average Bonchev–Trinajstić information content (AvgIpc) is 3.56. The zero-order chi connectivity index (χ0) is 31.4. The van der Waals surface area contributed by atoms with Crippen molar-refractivity contribution in [1.82, 2.24) is 0 Å². The molecule has 0 unspecified atom stereocenters. The van der Waals surface area contributed by atoms with Gasteiger partial charge in [0.25, 0.3) is 0 Å². The van der Waals surface area contributed by atoms with Gasteiger partial charge in [0.15, 0.2) is 0 Å². The molecule has 0 amide bonds. The minimum atomic E-state index is 0.908. The molecule has 0 aliphatic heterocycles. The van der Waals surface area contributed by atoms with E-state index in [0.29, 0.717) is 0 Å². The molecular formula is C42H32N4. The first-order valence-electron chi connectivity index (χ1n) is 15.7. The first-order chi connectivity index (χ1) is 22.5. The van der Waals surface area contributed by atoms with E-state index in [1.54, 1.807) is 0 Å². The van der Waals surface area contributed by atoms with Gasteiger partial charge in [0.2, 0.25) is 0 Å². The van der Waals surface area contributed by atoms with E-state index in [0.717, 1.165) is 78.5 Å². The smallest absolute Gasteiger partial charge is 0.101 e. The van der Waals surface area contributed by atoms with Crippen LogP contribution in [-0.4, -0.2) is 22.8 Å². The minimum Gasteiger partial charge on any atom is -0.150 e. The van der Waals surface area contributed by atoms with Gasteiger partial charge in [-0.25, -0.2) is 0 Å². The van der Waals surface area contributed by atoms with Crippen LogP contribution in [0.25, 0.3) is 22.3 Å². The Hall–Kier alpha value is -5.74. The van der Waals surface area contributed by atoms with Gasteiger partial charge in [0, 0.05) is 22.3 Å². The van der Waals surface area contributed by atoms with Crippen LogP contribution < -0.4 is 0 Å². The normalized spacial score (nSPS) is 16.1. The lowest BCUT2D eigenvalue weighted by atomic mass is 9.87. The van der Waals surface area contributed by atoms with E-state index < -0.39 is 0 Å². The van der Waals surface area contributed by atoms with E-state index >= 15 is 0 Å². The first-order valence-corrected chi connectivity index (χ1v) is 15.7. The van der Waals surface area contributed by atoms with Gasteiger partial charge in [0.05, 0.1) is 11.4 Å². The lowest BCUT2D eigenvalue weighted by Gasteiger charge is -2.18. The van der Waals surface area contributed by atoms with Crippen molar-refractivity contribution in [3.8, 4) is 22.3 Å². The van der Waals surface area contributed by atoms with Crippen molar-refractivity contribution in [3.63, 3.8) is 0 Å². The third-order valence-corrected chi connectivity index (χ3v) is 9.12. The number of benzene rings is 4. The van der Waals surface area contributed by atoms with E-state index in [4.69, 9.17) is 20.4 Å². The zero-order valence-electron chi connectivity index (χ0n) is 26.3. The molecule has 4 aromatic carbocycles. The molecule has 4 aromatic rings. The van der Waals surface area contributed by atoms with Crippen LogP contribution in [0.3, 0.4) is 0 Å². The maximum atomic E-state index is 4.84. The van der Waals surface area contributed by atoms with Crippen molar-refractivity contribution in [2.45, 2.75) is 27.7 Å². The van der Waals surface area contributed by atoms with Gasteiger partial charge >= 0.3 is 0 Å². The molecule has 4 heteroatoms. The highest BCUT2D eigenvalue weighted by Gasteiger charge is 2.26. The molecule has 4 aliphatic carbocycles. The summed E-state index contributed by atoms with van der Waals surface area (Å²) < 4.78 is 0. The van der Waals surface area contributed by atoms with Gasteiger partial charge in [-0.3, -0.25) is 0 Å². The topological polar surface area (TPSA) is 49.4 Å². The van der Waals surface area contributed by atoms with E-state index in [-0.39, 0.29) is 0 Å². The summed E-state index contributed by atoms with van der Waals surface area (Å²) in [4.78, 5) is 0. The Kier molecular flexibility index (Phi) is 6.65. The first kappa shape index (κ1) is 27.8. The highest BCUT2D eigenvalue weighted by atomic mass is 15.2. The van der Waals surface area contributed by atoms with E-state index in [1.165, 1.54) is 22.3 Å². The predicted molar refractivity (Wildman–Crippen MR) is 192 cm³/mol. The molecule has 220 valence electrons. The molecule has 46 heavy (non-hydrogen) atoms. The molecule has 4 nitrogen and oxygen atoms in total. The van der Waals surface area contributed by atoms with E-state index in [1.807, 2.05) is 0 Å². The van der Waals surface area contributed by atoms with Gasteiger partial charge in [-0.15, -0.1) is 20.4 Å². The van der Waals surface area contributed by atoms with Crippen LogP contribution in [0, 0.1) is 0 Å².